The Bertz CT molecular complexity index is 1830. The molecule has 4 heterocycles. The Labute approximate surface area is 268 Å². The van der Waals surface area contributed by atoms with Gasteiger partial charge in [0.2, 0.25) is 0 Å². The predicted octanol–water partition coefficient (Wildman–Crippen LogP) is 5.64. The Morgan fingerprint density at radius 3 is 2.58 bits per heavy atom. The molecule has 1 aliphatic rings. The number of ether oxygens (including phenoxy) is 3. The van der Waals surface area contributed by atoms with Gasteiger partial charge in [-0.1, -0.05) is 13.8 Å². The summed E-state index contributed by atoms with van der Waals surface area (Å²) in [6.45, 7) is 9.96. The predicted molar refractivity (Wildman–Crippen MR) is 179 cm³/mol. The molecule has 0 amide bonds. The van der Waals surface area contributed by atoms with Gasteiger partial charge in [0.05, 0.1) is 0 Å². The molecule has 0 atom stereocenters. The maximum atomic E-state index is 13.7. The normalized spacial score (nSPS) is 14.0. The third-order valence-electron chi connectivity index (χ3n) is 6.58. The van der Waals surface area contributed by atoms with Gasteiger partial charge in [-0.3, -0.25) is 0 Å². The molecular formula is C30H33IN8O5S. The number of aromatic amines is 1. The molecular weight excluding hydrogens is 711 g/mol. The molecule has 5 rings (SSSR count). The number of pyridine rings is 1. The molecule has 0 spiro atoms. The van der Waals surface area contributed by atoms with Crippen LogP contribution in [0.25, 0.3) is 9.15 Å². The van der Waals surface area contributed by atoms with Gasteiger partial charge in [-0.25, -0.2) is 0 Å². The van der Waals surface area contributed by atoms with Crippen LogP contribution in [0.5, 0.6) is 23.1 Å². The molecule has 0 unspecified atom stereocenters. The number of sulfonamides is 1. The zero-order chi connectivity index (χ0) is 32.0. The van der Waals surface area contributed by atoms with Crippen LogP contribution in [-0.2, 0) is 10.0 Å². The van der Waals surface area contributed by atoms with Crippen LogP contribution in [0, 0.1) is 0 Å². The van der Waals surface area contributed by atoms with Crippen molar-refractivity contribution in [3.05, 3.63) is 84.6 Å². The van der Waals surface area contributed by atoms with Crippen molar-refractivity contribution in [2.45, 2.75) is 31.7 Å². The number of nitrogens with zero attached hydrogens (tertiary/aromatic N) is 6. The number of alkyl halides is 2. The molecule has 0 radical (unpaired) electrons. The fraction of sp³-hybridized carbons (Fsp3) is 0.267. The number of para-hydroxylation sites is 2. The van der Waals surface area contributed by atoms with Crippen molar-refractivity contribution in [2.75, 3.05) is 27.3 Å². The Balaban J connectivity index is 1.65. The summed E-state index contributed by atoms with van der Waals surface area (Å²) >= 11 is -1.63. The van der Waals surface area contributed by atoms with Crippen molar-refractivity contribution < 1.29 is 22.6 Å². The van der Waals surface area contributed by atoms with Crippen LogP contribution in [0.15, 0.2) is 72.4 Å². The van der Waals surface area contributed by atoms with E-state index in [1.165, 1.54) is 13.2 Å². The molecule has 13 nitrogen and oxygen atoms in total. The van der Waals surface area contributed by atoms with Crippen molar-refractivity contribution >= 4 is 44.8 Å². The summed E-state index contributed by atoms with van der Waals surface area (Å²) in [5, 5.41) is 14.5. The summed E-state index contributed by atoms with van der Waals surface area (Å²) in [4.78, 5) is 13.6. The number of rotatable bonds is 13. The zero-order valence-corrected chi connectivity index (χ0v) is 28.2. The average molecular weight is 745 g/mol. The van der Waals surface area contributed by atoms with E-state index in [4.69, 9.17) is 14.2 Å². The molecule has 0 saturated heterocycles. The van der Waals surface area contributed by atoms with E-state index in [1.807, 2.05) is 19.9 Å². The van der Waals surface area contributed by atoms with E-state index in [-0.39, 0.29) is 40.8 Å². The van der Waals surface area contributed by atoms with Gasteiger partial charge in [-0.05, 0) is 5.92 Å². The van der Waals surface area contributed by atoms with Gasteiger partial charge in [-0.15, -0.1) is 0 Å². The molecule has 45 heavy (non-hydrogen) atoms. The van der Waals surface area contributed by atoms with Crippen molar-refractivity contribution in [2.24, 2.45) is 0 Å². The number of benzene rings is 1. The summed E-state index contributed by atoms with van der Waals surface area (Å²) in [7, 11) is -2.72. The van der Waals surface area contributed by atoms with Gasteiger partial charge < -0.3 is 0 Å². The summed E-state index contributed by atoms with van der Waals surface area (Å²) in [5.41, 5.74) is 1.56. The van der Waals surface area contributed by atoms with E-state index in [2.05, 4.69) is 59.9 Å². The monoisotopic (exact) mass is 744 g/mol. The number of hydrogen-bond acceptors (Lipinski definition) is 11. The molecule has 0 bridgehead atoms. The van der Waals surface area contributed by atoms with Crippen molar-refractivity contribution in [3.8, 4) is 23.1 Å². The van der Waals surface area contributed by atoms with Gasteiger partial charge >= 0.3 is 250 Å². The van der Waals surface area contributed by atoms with Crippen molar-refractivity contribution in [1.29, 1.82) is 0 Å². The van der Waals surface area contributed by atoms with Crippen LogP contribution in [0.3, 0.4) is 0 Å². The first kappa shape index (κ1) is 32.0. The van der Waals surface area contributed by atoms with E-state index in [0.717, 1.165) is 18.0 Å². The fourth-order valence-electron chi connectivity index (χ4n) is 4.23. The molecule has 2 N–H and O–H groups in total. The van der Waals surface area contributed by atoms with E-state index in [1.54, 1.807) is 42.6 Å². The third kappa shape index (κ3) is 7.30. The average Bonchev–Trinajstić information content (AvgIpc) is 3.59. The maximum absolute atomic E-state index is 13.7. The van der Waals surface area contributed by atoms with Crippen LogP contribution in [0.4, 0.5) is 5.82 Å². The van der Waals surface area contributed by atoms with Crippen molar-refractivity contribution in [3.63, 3.8) is 0 Å². The van der Waals surface area contributed by atoms with E-state index in [9.17, 15) is 8.42 Å². The molecule has 236 valence electrons. The number of nitrogens with one attached hydrogen (secondary N) is 2. The van der Waals surface area contributed by atoms with Crippen LogP contribution in [-0.4, -0.2) is 66.6 Å². The Morgan fingerprint density at radius 1 is 1.13 bits per heavy atom. The first-order chi connectivity index (χ1) is 21.7. The minimum atomic E-state index is -4.23. The molecule has 3 aromatic heterocycles. The second kappa shape index (κ2) is 14.2. The van der Waals surface area contributed by atoms with Gasteiger partial charge in [0, 0.05) is 0 Å². The second-order valence-corrected chi connectivity index (χ2v) is 17.6. The van der Waals surface area contributed by atoms with E-state index in [0.29, 0.717) is 22.9 Å². The molecule has 0 aliphatic carbocycles. The van der Waals surface area contributed by atoms with Gasteiger partial charge in [-0.2, -0.15) is 0 Å². The Kier molecular flexibility index (Phi) is 10.1. The Hall–Kier alpha value is -4.38. The van der Waals surface area contributed by atoms with E-state index < -0.39 is 29.8 Å². The quantitative estimate of drug-likeness (QED) is 0.0989. The second-order valence-electron chi connectivity index (χ2n) is 9.84. The molecule has 0 saturated carbocycles. The molecule has 0 fully saturated rings. The van der Waals surface area contributed by atoms with Crippen LogP contribution < -0.4 is 18.9 Å². The zero-order valence-electron chi connectivity index (χ0n) is 25.2. The number of aromatic nitrogens is 7. The first-order valence-electron chi connectivity index (χ1n) is 14.0. The molecule has 1 aromatic carbocycles. The number of H-pyrrole nitrogens is 1. The third-order valence-corrected chi connectivity index (χ3v) is 13.6. The number of hydrogen-bond donors (Lipinski definition) is 2. The minimum absolute atomic E-state index is 0.00143. The number of halogens is 1. The van der Waals surface area contributed by atoms with E-state index >= 15 is 0 Å². The summed E-state index contributed by atoms with van der Waals surface area (Å²) in [6, 6.07) is 10.1. The van der Waals surface area contributed by atoms with Gasteiger partial charge in [0.15, 0.2) is 0 Å². The summed E-state index contributed by atoms with van der Waals surface area (Å²) in [6.07, 6.45) is 7.09. The number of anilines is 1. The SMILES string of the molecule is C=CCOc1nc(C2=CCI(CC)C(c3nn[nH]n3)=C2)nc(NS(=O)(=O)c2ccc(C(C)C)cn2)c1Oc1ccccc1OC. The molecule has 4 aromatic rings. The van der Waals surface area contributed by atoms with Crippen LogP contribution in [0.2, 0.25) is 0 Å². The summed E-state index contributed by atoms with van der Waals surface area (Å²) in [5.74, 6) is 1.43. The Morgan fingerprint density at radius 2 is 1.93 bits per heavy atom. The van der Waals surface area contributed by atoms with Crippen LogP contribution >= 0.6 is 19.8 Å². The van der Waals surface area contributed by atoms with Crippen molar-refractivity contribution in [1.82, 2.24) is 35.6 Å². The van der Waals surface area contributed by atoms with Gasteiger partial charge in [0.1, 0.15) is 0 Å². The number of allylic oxidation sites excluding steroid dienone is 3. The number of methoxy groups -OCH3 is 1. The standard InChI is InChI=1S/C30H33IN8O5S/c1-6-16-43-30-26(44-24-11-9-8-10-23(24)42-5)29(37-45(40,41)25-13-12-21(18-32-25)19(3)4)33-27(34-30)20-14-15-31(7-2)22(17-20)28-35-38-39-36-28/h6,8-14,17-19H,1,7,15-16H2,2-5H3,(H,33,34,37)(H,35,36,38,39). The number of tetrazole rings is 1. The fourth-order valence-corrected chi connectivity index (χ4v) is 9.78. The summed E-state index contributed by atoms with van der Waals surface area (Å²) < 4.78 is 50.4. The first-order valence-corrected chi connectivity index (χ1v) is 19.6. The molecule has 1 aliphatic heterocycles. The van der Waals surface area contributed by atoms with Crippen LogP contribution in [0.1, 0.15) is 43.9 Å². The molecule has 15 heteroatoms. The van der Waals surface area contributed by atoms with Gasteiger partial charge in [0.25, 0.3) is 0 Å². The topological polar surface area (TPSA) is 167 Å².